The summed E-state index contributed by atoms with van der Waals surface area (Å²) < 4.78 is 20.4. The molecular formula is C60H54B3N3O3. The van der Waals surface area contributed by atoms with Gasteiger partial charge in [0.25, 0.3) is 0 Å². The van der Waals surface area contributed by atoms with Crippen molar-refractivity contribution in [3.63, 3.8) is 0 Å². The molecular weight excluding hydrogens is 843 g/mol. The van der Waals surface area contributed by atoms with E-state index in [1.807, 2.05) is 0 Å². The van der Waals surface area contributed by atoms with Crippen LogP contribution < -0.4 is 31.1 Å². The van der Waals surface area contributed by atoms with E-state index in [4.69, 9.17) is 13.7 Å². The topological polar surface area (TPSA) is 37.4 Å². The van der Waals surface area contributed by atoms with Gasteiger partial charge in [-0.2, -0.15) is 0 Å². The largest absolute Gasteiger partial charge is 0.467 e. The highest BCUT2D eigenvalue weighted by molar-refractivity contribution is 6.87. The third kappa shape index (κ3) is 12.1. The van der Waals surface area contributed by atoms with Crippen LogP contribution in [0, 0.1) is 0 Å². The van der Waals surface area contributed by atoms with Crippen LogP contribution in [0.25, 0.3) is 0 Å². The van der Waals surface area contributed by atoms with Gasteiger partial charge in [0, 0.05) is 56.3 Å². The van der Waals surface area contributed by atoms with Crippen molar-refractivity contribution in [3.8, 4) is 0 Å². The van der Waals surface area contributed by atoms with E-state index in [0.29, 0.717) is 0 Å². The molecule has 0 radical (unpaired) electrons. The summed E-state index contributed by atoms with van der Waals surface area (Å²) in [7, 11) is -2.09. The Labute approximate surface area is 408 Å². The molecule has 0 aliphatic carbocycles. The Morgan fingerprint density at radius 1 is 0.217 bits per heavy atom. The molecule has 10 rings (SSSR count). The molecule has 9 aromatic carbocycles. The molecule has 0 unspecified atom stereocenters. The Bertz CT molecular complexity index is 2470. The standard InChI is InChI=1S/C60H54B3N3O3/c1-7-19-49(20-8-1)43-64(44-50-21-9-2-10-22-50)58-37-31-55(32-38-58)61-67-62(56-33-39-59(40-34-56)65(45-51-23-11-3-12-24-51)46-52-25-13-4-14-26-52)69-63(68-61)57-35-41-60(42-36-57)66(47-53-27-15-5-16-28-53)48-54-29-17-6-18-30-54/h1-42H,43-48H2. The molecule has 9 heteroatoms. The average Bonchev–Trinajstić information content (AvgIpc) is 3.42. The second-order valence-electron chi connectivity index (χ2n) is 17.7. The van der Waals surface area contributed by atoms with Gasteiger partial charge < -0.3 is 28.4 Å². The van der Waals surface area contributed by atoms with Gasteiger partial charge >= 0.3 is 21.4 Å². The lowest BCUT2D eigenvalue weighted by atomic mass is 9.61. The fourth-order valence-corrected chi connectivity index (χ4v) is 8.97. The summed E-state index contributed by atoms with van der Waals surface area (Å²) in [5.74, 6) is 0. The van der Waals surface area contributed by atoms with Crippen molar-refractivity contribution in [1.29, 1.82) is 0 Å². The predicted octanol–water partition coefficient (Wildman–Crippen LogP) is 10.9. The zero-order chi connectivity index (χ0) is 46.5. The van der Waals surface area contributed by atoms with E-state index in [0.717, 1.165) is 72.7 Å². The van der Waals surface area contributed by atoms with Gasteiger partial charge in [-0.1, -0.05) is 218 Å². The van der Waals surface area contributed by atoms with Crippen molar-refractivity contribution in [2.45, 2.75) is 39.3 Å². The first-order valence-electron chi connectivity index (χ1n) is 23.9. The maximum absolute atomic E-state index is 6.81. The van der Waals surface area contributed by atoms with Gasteiger partial charge in [0.05, 0.1) is 0 Å². The van der Waals surface area contributed by atoms with Gasteiger partial charge in [-0.15, -0.1) is 0 Å². The molecule has 1 saturated heterocycles. The number of rotatable bonds is 18. The molecule has 0 amide bonds. The first kappa shape index (κ1) is 45.2. The van der Waals surface area contributed by atoms with Crippen LogP contribution in [-0.2, 0) is 53.0 Å². The third-order valence-electron chi connectivity index (χ3n) is 12.6. The van der Waals surface area contributed by atoms with E-state index < -0.39 is 21.4 Å². The zero-order valence-electron chi connectivity index (χ0n) is 38.8. The van der Waals surface area contributed by atoms with Gasteiger partial charge in [0.1, 0.15) is 0 Å². The average molecular weight is 898 g/mol. The van der Waals surface area contributed by atoms with Crippen LogP contribution in [0.5, 0.6) is 0 Å². The summed E-state index contributed by atoms with van der Waals surface area (Å²) in [4.78, 5) is 7.23. The molecule has 69 heavy (non-hydrogen) atoms. The Balaban J connectivity index is 0.942. The number of benzene rings is 9. The van der Waals surface area contributed by atoms with Crippen molar-refractivity contribution in [2.75, 3.05) is 14.7 Å². The quantitative estimate of drug-likeness (QED) is 0.0799. The summed E-state index contributed by atoms with van der Waals surface area (Å²) >= 11 is 0. The van der Waals surface area contributed by atoms with Gasteiger partial charge in [0.2, 0.25) is 0 Å². The van der Waals surface area contributed by atoms with Crippen molar-refractivity contribution in [1.82, 2.24) is 0 Å². The van der Waals surface area contributed by atoms with E-state index in [2.05, 4.69) is 269 Å². The first-order chi connectivity index (χ1) is 34.1. The lowest BCUT2D eigenvalue weighted by molar-refractivity contribution is 0.308. The summed E-state index contributed by atoms with van der Waals surface area (Å²) in [6.45, 7) is 4.65. The maximum Gasteiger partial charge on any atom is 0.467 e. The van der Waals surface area contributed by atoms with E-state index in [-0.39, 0.29) is 0 Å². The molecule has 6 nitrogen and oxygen atoms in total. The fourth-order valence-electron chi connectivity index (χ4n) is 8.97. The van der Waals surface area contributed by atoms with Crippen molar-refractivity contribution in [3.05, 3.63) is 288 Å². The van der Waals surface area contributed by atoms with E-state index in [1.165, 1.54) is 33.4 Å². The highest BCUT2D eigenvalue weighted by Crippen LogP contribution is 2.24. The number of nitrogens with zero attached hydrogens (tertiary/aromatic N) is 3. The summed E-state index contributed by atoms with van der Waals surface area (Å²) in [6, 6.07) is 89.7. The smallest absolute Gasteiger partial charge is 0.445 e. The monoisotopic (exact) mass is 897 g/mol. The molecule has 0 spiro atoms. The van der Waals surface area contributed by atoms with Crippen LogP contribution in [-0.4, -0.2) is 21.4 Å². The number of hydrogen-bond donors (Lipinski definition) is 0. The van der Waals surface area contributed by atoms with E-state index >= 15 is 0 Å². The Morgan fingerprint density at radius 3 is 0.565 bits per heavy atom. The SMILES string of the molecule is c1ccc(CN(Cc2ccccc2)c2ccc(B3OB(c4ccc(N(Cc5ccccc5)Cc5ccccc5)cc4)OB(c4ccc(N(Cc5ccccc5)Cc5ccccc5)cc4)O3)cc2)cc1. The maximum atomic E-state index is 6.81. The molecule has 0 atom stereocenters. The van der Waals surface area contributed by atoms with Crippen molar-refractivity contribution < 1.29 is 13.7 Å². The van der Waals surface area contributed by atoms with Crippen molar-refractivity contribution >= 4 is 54.8 Å². The molecule has 1 heterocycles. The molecule has 1 aliphatic rings. The summed E-state index contributed by atoms with van der Waals surface area (Å²) in [5, 5.41) is 0. The van der Waals surface area contributed by atoms with Crippen LogP contribution in [0.2, 0.25) is 0 Å². The minimum absolute atomic E-state index is 0.695. The Kier molecular flexibility index (Phi) is 14.8. The highest BCUT2D eigenvalue weighted by atomic mass is 16.7. The predicted molar refractivity (Wildman–Crippen MR) is 287 cm³/mol. The van der Waals surface area contributed by atoms with Crippen LogP contribution in [0.1, 0.15) is 33.4 Å². The Morgan fingerprint density at radius 2 is 0.391 bits per heavy atom. The first-order valence-corrected chi connectivity index (χ1v) is 23.9. The molecule has 0 aromatic heterocycles. The Hall–Kier alpha value is -7.55. The van der Waals surface area contributed by atoms with Crippen molar-refractivity contribution in [2.24, 2.45) is 0 Å². The van der Waals surface area contributed by atoms with E-state index in [9.17, 15) is 0 Å². The molecule has 1 aliphatic heterocycles. The molecule has 1 fully saturated rings. The lowest BCUT2D eigenvalue weighted by Gasteiger charge is -2.32. The summed E-state index contributed by atoms with van der Waals surface area (Å²) in [5.41, 5.74) is 13.6. The second kappa shape index (κ2) is 22.5. The van der Waals surface area contributed by atoms with Crippen LogP contribution in [0.15, 0.2) is 255 Å². The third-order valence-corrected chi connectivity index (χ3v) is 12.6. The minimum atomic E-state index is -0.695. The molecule has 336 valence electrons. The normalized spacial score (nSPS) is 12.4. The van der Waals surface area contributed by atoms with Crippen LogP contribution >= 0.6 is 0 Å². The highest BCUT2D eigenvalue weighted by Gasteiger charge is 2.43. The van der Waals surface area contributed by atoms with Gasteiger partial charge in [-0.05, 0) is 86.2 Å². The zero-order valence-corrected chi connectivity index (χ0v) is 38.8. The fraction of sp³-hybridized carbons (Fsp3) is 0.100. The summed E-state index contributed by atoms with van der Waals surface area (Å²) in [6.07, 6.45) is 0. The molecule has 0 N–H and O–H groups in total. The second-order valence-corrected chi connectivity index (χ2v) is 17.7. The molecule has 9 aromatic rings. The number of hydrogen-bond acceptors (Lipinski definition) is 6. The van der Waals surface area contributed by atoms with Gasteiger partial charge in [0.15, 0.2) is 0 Å². The van der Waals surface area contributed by atoms with Gasteiger partial charge in [-0.25, -0.2) is 0 Å². The van der Waals surface area contributed by atoms with Gasteiger partial charge in [-0.3, -0.25) is 0 Å². The molecule has 0 saturated carbocycles. The van der Waals surface area contributed by atoms with Crippen LogP contribution in [0.4, 0.5) is 17.1 Å². The molecule has 0 bridgehead atoms. The minimum Gasteiger partial charge on any atom is -0.445 e. The number of anilines is 3. The van der Waals surface area contributed by atoms with E-state index in [1.54, 1.807) is 0 Å². The van der Waals surface area contributed by atoms with Crippen LogP contribution in [0.3, 0.4) is 0 Å². The lowest BCUT2D eigenvalue weighted by Crippen LogP contribution is -2.61.